The molecular formula is C21H24N2O5. The first kappa shape index (κ1) is 20.0. The number of hydrogen-bond donors (Lipinski definition) is 2. The van der Waals surface area contributed by atoms with Crippen molar-refractivity contribution in [3.05, 3.63) is 54.0 Å². The Morgan fingerprint density at radius 1 is 1.18 bits per heavy atom. The van der Waals surface area contributed by atoms with Gasteiger partial charge in [0.25, 0.3) is 5.91 Å². The lowest BCUT2D eigenvalue weighted by molar-refractivity contribution is -0.150. The van der Waals surface area contributed by atoms with Crippen LogP contribution in [-0.2, 0) is 9.47 Å². The van der Waals surface area contributed by atoms with E-state index in [2.05, 4.69) is 10.3 Å². The summed E-state index contributed by atoms with van der Waals surface area (Å²) in [5.41, 5.74) is 2.90. The number of amides is 1. The standard InChI is InChI=1S/C21H24N2O5/c1-3-26-21(27-4-2)18-11-16-12-22-13-17(19(16)28-18)14-5-7-15(8-6-14)20(25)23-9-10-24/h5-8,11-13,21,24H,3-4,9-10H2,1-2H3,(H,23,25). The van der Waals surface area contributed by atoms with Gasteiger partial charge in [-0.1, -0.05) is 12.1 Å². The fourth-order valence-electron chi connectivity index (χ4n) is 2.89. The van der Waals surface area contributed by atoms with Crippen LogP contribution in [0.2, 0.25) is 0 Å². The predicted molar refractivity (Wildman–Crippen MR) is 105 cm³/mol. The van der Waals surface area contributed by atoms with Crippen molar-refractivity contribution in [1.29, 1.82) is 0 Å². The summed E-state index contributed by atoms with van der Waals surface area (Å²) in [7, 11) is 0. The Hall–Kier alpha value is -2.74. The Morgan fingerprint density at radius 2 is 1.89 bits per heavy atom. The van der Waals surface area contributed by atoms with Crippen LogP contribution in [0.4, 0.5) is 0 Å². The van der Waals surface area contributed by atoms with Crippen molar-refractivity contribution in [2.45, 2.75) is 20.1 Å². The first-order valence-corrected chi connectivity index (χ1v) is 9.28. The molecule has 0 aliphatic rings. The van der Waals surface area contributed by atoms with Crippen LogP contribution in [0, 0.1) is 0 Å². The molecule has 2 aromatic heterocycles. The van der Waals surface area contributed by atoms with Crippen LogP contribution < -0.4 is 5.32 Å². The van der Waals surface area contributed by atoms with Gasteiger partial charge in [0.05, 0.1) is 6.61 Å². The quantitative estimate of drug-likeness (QED) is 0.550. The lowest BCUT2D eigenvalue weighted by Crippen LogP contribution is -2.26. The van der Waals surface area contributed by atoms with Crippen molar-refractivity contribution in [2.24, 2.45) is 0 Å². The van der Waals surface area contributed by atoms with Crippen LogP contribution in [0.25, 0.3) is 22.1 Å². The zero-order valence-corrected chi connectivity index (χ0v) is 16.0. The SMILES string of the molecule is CCOC(OCC)c1cc2cncc(-c3ccc(C(=O)NCCO)cc3)c2o1. The van der Waals surface area contributed by atoms with Gasteiger partial charge in [-0.2, -0.15) is 0 Å². The van der Waals surface area contributed by atoms with Crippen LogP contribution in [0.3, 0.4) is 0 Å². The number of nitrogens with one attached hydrogen (secondary N) is 1. The summed E-state index contributed by atoms with van der Waals surface area (Å²) in [6.07, 6.45) is 2.90. The summed E-state index contributed by atoms with van der Waals surface area (Å²) in [5, 5.41) is 12.3. The van der Waals surface area contributed by atoms with Gasteiger partial charge in [-0.25, -0.2) is 0 Å². The molecule has 0 saturated heterocycles. The number of carbonyl (C=O) groups is 1. The summed E-state index contributed by atoms with van der Waals surface area (Å²) < 4.78 is 17.3. The minimum Gasteiger partial charge on any atom is -0.455 e. The molecule has 0 fully saturated rings. The van der Waals surface area contributed by atoms with E-state index >= 15 is 0 Å². The Kier molecular flexibility index (Phi) is 6.76. The van der Waals surface area contributed by atoms with Crippen molar-refractivity contribution >= 4 is 16.9 Å². The molecule has 148 valence electrons. The van der Waals surface area contributed by atoms with Gasteiger partial charge in [0.1, 0.15) is 5.58 Å². The number of aliphatic hydroxyl groups is 1. The van der Waals surface area contributed by atoms with Gasteiger partial charge in [0.2, 0.25) is 6.29 Å². The highest BCUT2D eigenvalue weighted by Crippen LogP contribution is 2.33. The fraction of sp³-hybridized carbons (Fsp3) is 0.333. The van der Waals surface area contributed by atoms with Crippen LogP contribution in [0.1, 0.15) is 36.3 Å². The number of hydrogen-bond acceptors (Lipinski definition) is 6. The van der Waals surface area contributed by atoms with Crippen molar-refractivity contribution in [3.63, 3.8) is 0 Å². The van der Waals surface area contributed by atoms with Crippen LogP contribution in [0.5, 0.6) is 0 Å². The highest BCUT2D eigenvalue weighted by molar-refractivity contribution is 5.96. The van der Waals surface area contributed by atoms with E-state index < -0.39 is 6.29 Å². The van der Waals surface area contributed by atoms with Crippen molar-refractivity contribution < 1.29 is 23.8 Å². The van der Waals surface area contributed by atoms with Crippen LogP contribution >= 0.6 is 0 Å². The van der Waals surface area contributed by atoms with Crippen LogP contribution in [0.15, 0.2) is 47.1 Å². The molecule has 1 amide bonds. The molecule has 0 atom stereocenters. The van der Waals surface area contributed by atoms with E-state index in [9.17, 15) is 4.79 Å². The number of aliphatic hydroxyl groups excluding tert-OH is 1. The second kappa shape index (κ2) is 9.45. The lowest BCUT2D eigenvalue weighted by atomic mass is 10.0. The second-order valence-corrected chi connectivity index (χ2v) is 6.05. The van der Waals surface area contributed by atoms with Crippen molar-refractivity contribution in [2.75, 3.05) is 26.4 Å². The third-order valence-electron chi connectivity index (χ3n) is 4.17. The first-order valence-electron chi connectivity index (χ1n) is 9.28. The molecule has 0 aliphatic carbocycles. The van der Waals surface area contributed by atoms with E-state index in [-0.39, 0.29) is 19.1 Å². The molecule has 3 aromatic rings. The van der Waals surface area contributed by atoms with E-state index in [4.69, 9.17) is 19.0 Å². The third kappa shape index (κ3) is 4.39. The maximum Gasteiger partial charge on any atom is 0.251 e. The first-order chi connectivity index (χ1) is 13.7. The van der Waals surface area contributed by atoms with Gasteiger partial charge in [0.15, 0.2) is 5.76 Å². The average Bonchev–Trinajstić information content (AvgIpc) is 3.16. The number of benzene rings is 1. The Morgan fingerprint density at radius 3 is 2.54 bits per heavy atom. The highest BCUT2D eigenvalue weighted by atomic mass is 16.7. The van der Waals surface area contributed by atoms with Gasteiger partial charge in [-0.15, -0.1) is 0 Å². The van der Waals surface area contributed by atoms with Crippen molar-refractivity contribution in [3.8, 4) is 11.1 Å². The topological polar surface area (TPSA) is 93.8 Å². The summed E-state index contributed by atoms with van der Waals surface area (Å²) in [4.78, 5) is 16.3. The molecule has 0 unspecified atom stereocenters. The zero-order valence-electron chi connectivity index (χ0n) is 16.0. The van der Waals surface area contributed by atoms with Crippen LogP contribution in [-0.4, -0.2) is 42.4 Å². The van der Waals surface area contributed by atoms with Crippen molar-refractivity contribution in [1.82, 2.24) is 10.3 Å². The highest BCUT2D eigenvalue weighted by Gasteiger charge is 2.19. The number of nitrogens with zero attached hydrogens (tertiary/aromatic N) is 1. The summed E-state index contributed by atoms with van der Waals surface area (Å²) in [6, 6.07) is 9.02. The normalized spacial score (nSPS) is 11.3. The van der Waals surface area contributed by atoms with E-state index in [1.807, 2.05) is 32.0 Å². The molecular weight excluding hydrogens is 360 g/mol. The Balaban J connectivity index is 1.91. The molecule has 0 aliphatic heterocycles. The molecule has 0 spiro atoms. The van der Waals surface area contributed by atoms with E-state index in [0.29, 0.717) is 30.1 Å². The summed E-state index contributed by atoms with van der Waals surface area (Å²) >= 11 is 0. The predicted octanol–water partition coefficient (Wildman–Crippen LogP) is 3.29. The maximum absolute atomic E-state index is 12.0. The number of aromatic nitrogens is 1. The molecule has 1 aromatic carbocycles. The van der Waals surface area contributed by atoms with E-state index in [1.165, 1.54) is 0 Å². The number of rotatable bonds is 9. The molecule has 0 bridgehead atoms. The lowest BCUT2D eigenvalue weighted by Gasteiger charge is -2.13. The molecule has 0 saturated carbocycles. The average molecular weight is 384 g/mol. The van der Waals surface area contributed by atoms with Gasteiger partial charge >= 0.3 is 0 Å². The minimum absolute atomic E-state index is 0.0944. The number of ether oxygens (including phenoxy) is 2. The molecule has 28 heavy (non-hydrogen) atoms. The molecule has 2 N–H and O–H groups in total. The molecule has 7 heteroatoms. The van der Waals surface area contributed by atoms with Gasteiger partial charge in [0, 0.05) is 48.7 Å². The fourth-order valence-corrected chi connectivity index (χ4v) is 2.89. The maximum atomic E-state index is 12.0. The number of fused-ring (bicyclic) bond motifs is 1. The smallest absolute Gasteiger partial charge is 0.251 e. The molecule has 2 heterocycles. The number of furan rings is 1. The minimum atomic E-state index is -0.562. The number of carbonyl (C=O) groups excluding carboxylic acids is 1. The van der Waals surface area contributed by atoms with E-state index in [0.717, 1.165) is 16.5 Å². The third-order valence-corrected chi connectivity index (χ3v) is 4.17. The molecule has 7 nitrogen and oxygen atoms in total. The van der Waals surface area contributed by atoms with Gasteiger partial charge in [-0.3, -0.25) is 9.78 Å². The molecule has 3 rings (SSSR count). The largest absolute Gasteiger partial charge is 0.455 e. The molecule has 0 radical (unpaired) electrons. The zero-order chi connectivity index (χ0) is 19.9. The Bertz CT molecular complexity index is 914. The summed E-state index contributed by atoms with van der Waals surface area (Å²) in [6.45, 7) is 4.95. The number of pyridine rings is 1. The monoisotopic (exact) mass is 384 g/mol. The van der Waals surface area contributed by atoms with Gasteiger partial charge < -0.3 is 24.3 Å². The second-order valence-electron chi connectivity index (χ2n) is 6.05. The summed E-state index contributed by atoms with van der Waals surface area (Å²) in [5.74, 6) is 0.362. The van der Waals surface area contributed by atoms with E-state index in [1.54, 1.807) is 24.5 Å². The van der Waals surface area contributed by atoms with Gasteiger partial charge in [-0.05, 0) is 37.6 Å². The Labute approximate surface area is 163 Å².